The Bertz CT molecular complexity index is 622. The highest BCUT2D eigenvalue weighted by atomic mass is 35.5. The van der Waals surface area contributed by atoms with Crippen molar-refractivity contribution in [1.82, 2.24) is 10.2 Å². The number of hydrogen-bond donors (Lipinski definition) is 1. The summed E-state index contributed by atoms with van der Waals surface area (Å²) in [5, 5.41) is 7.52. The number of benzene rings is 1. The smallest absolute Gasteiger partial charge is 0.273 e. The number of rotatable bonds is 3. The standard InChI is InChI=1S/C9H7ClN2O3S2/c10-6-1-3-7(4-2-6)17(13,14)5-8-11-12-9(16)15-8/h1-4H,5H2,(H,12,16). The van der Waals surface area contributed by atoms with Crippen molar-refractivity contribution in [2.75, 3.05) is 0 Å². The van der Waals surface area contributed by atoms with Crippen molar-refractivity contribution in [3.8, 4) is 0 Å². The molecule has 0 amide bonds. The second-order valence-electron chi connectivity index (χ2n) is 3.19. The van der Waals surface area contributed by atoms with Crippen LogP contribution in [0, 0.1) is 0 Å². The lowest BCUT2D eigenvalue weighted by molar-refractivity contribution is 0.425. The van der Waals surface area contributed by atoms with Crippen LogP contribution in [0.2, 0.25) is 5.02 Å². The molecule has 1 aromatic heterocycles. The number of halogens is 1. The predicted octanol–water partition coefficient (Wildman–Crippen LogP) is 1.99. The molecule has 0 spiro atoms. The monoisotopic (exact) mass is 290 g/mol. The minimum atomic E-state index is -3.51. The van der Waals surface area contributed by atoms with E-state index in [0.29, 0.717) is 5.02 Å². The molecule has 0 fully saturated rings. The van der Waals surface area contributed by atoms with E-state index in [1.54, 1.807) is 0 Å². The Hall–Kier alpha value is -1.05. The summed E-state index contributed by atoms with van der Waals surface area (Å²) in [5.74, 6) is -0.354. The summed E-state index contributed by atoms with van der Waals surface area (Å²) in [6.07, 6.45) is 0. The lowest BCUT2D eigenvalue weighted by Crippen LogP contribution is -2.05. The molecule has 0 bridgehead atoms. The average molecular weight is 291 g/mol. The largest absolute Gasteiger partial charge is 0.415 e. The lowest BCUT2D eigenvalue weighted by Gasteiger charge is -2.01. The lowest BCUT2D eigenvalue weighted by atomic mass is 10.4. The van der Waals surface area contributed by atoms with Gasteiger partial charge in [-0.05, 0) is 24.3 Å². The van der Waals surface area contributed by atoms with E-state index in [1.807, 2.05) is 0 Å². The maximum absolute atomic E-state index is 11.9. The van der Waals surface area contributed by atoms with Gasteiger partial charge in [-0.3, -0.25) is 0 Å². The van der Waals surface area contributed by atoms with Gasteiger partial charge in [-0.1, -0.05) is 24.2 Å². The molecule has 0 N–H and O–H groups in total. The zero-order valence-corrected chi connectivity index (χ0v) is 10.8. The van der Waals surface area contributed by atoms with E-state index < -0.39 is 9.84 Å². The molecule has 1 heterocycles. The maximum Gasteiger partial charge on any atom is 0.273 e. The third-order valence-electron chi connectivity index (χ3n) is 1.94. The third-order valence-corrected chi connectivity index (χ3v) is 3.99. The van der Waals surface area contributed by atoms with E-state index in [0.717, 1.165) is 0 Å². The SMILES string of the molecule is O=S(=O)(Cc1nnc(S)o1)c1ccc(Cl)cc1. The van der Waals surface area contributed by atoms with Gasteiger partial charge in [-0.15, -0.1) is 10.2 Å². The Kier molecular flexibility index (Phi) is 3.41. The van der Waals surface area contributed by atoms with Gasteiger partial charge in [0.15, 0.2) is 9.84 Å². The minimum Gasteiger partial charge on any atom is -0.415 e. The van der Waals surface area contributed by atoms with Crippen LogP contribution in [0.5, 0.6) is 0 Å². The van der Waals surface area contributed by atoms with Gasteiger partial charge in [0, 0.05) is 5.02 Å². The van der Waals surface area contributed by atoms with Gasteiger partial charge in [0.25, 0.3) is 5.22 Å². The normalized spacial score (nSPS) is 11.6. The highest BCUT2D eigenvalue weighted by Gasteiger charge is 2.19. The van der Waals surface area contributed by atoms with Crippen molar-refractivity contribution < 1.29 is 12.8 Å². The summed E-state index contributed by atoms with van der Waals surface area (Å²) in [5.41, 5.74) is 0. The molecule has 0 saturated heterocycles. The molecule has 0 unspecified atom stereocenters. The molecule has 0 aliphatic heterocycles. The summed E-state index contributed by atoms with van der Waals surface area (Å²) in [7, 11) is -3.51. The van der Waals surface area contributed by atoms with Crippen molar-refractivity contribution in [2.24, 2.45) is 0 Å². The van der Waals surface area contributed by atoms with Crippen molar-refractivity contribution in [3.63, 3.8) is 0 Å². The molecular formula is C9H7ClN2O3S2. The van der Waals surface area contributed by atoms with Crippen LogP contribution in [-0.2, 0) is 15.6 Å². The summed E-state index contributed by atoms with van der Waals surface area (Å²) in [4.78, 5) is 0.154. The molecular weight excluding hydrogens is 284 g/mol. The van der Waals surface area contributed by atoms with Crippen LogP contribution in [0.4, 0.5) is 0 Å². The first kappa shape index (κ1) is 12.4. The first-order valence-corrected chi connectivity index (χ1v) is 6.95. The average Bonchev–Trinajstić information content (AvgIpc) is 2.63. The highest BCUT2D eigenvalue weighted by Crippen LogP contribution is 2.18. The molecule has 2 aromatic rings. The van der Waals surface area contributed by atoms with Crippen LogP contribution in [0.1, 0.15) is 5.89 Å². The van der Waals surface area contributed by atoms with E-state index in [-0.39, 0.29) is 21.8 Å². The Morgan fingerprint density at radius 2 is 1.88 bits per heavy atom. The minimum absolute atomic E-state index is 0.00458. The molecule has 0 saturated carbocycles. The number of hydrogen-bond acceptors (Lipinski definition) is 6. The van der Waals surface area contributed by atoms with Crippen LogP contribution >= 0.6 is 24.2 Å². The van der Waals surface area contributed by atoms with E-state index in [2.05, 4.69) is 22.8 Å². The first-order chi connectivity index (χ1) is 7.97. The Morgan fingerprint density at radius 3 is 2.41 bits per heavy atom. The summed E-state index contributed by atoms with van der Waals surface area (Å²) in [6.45, 7) is 0. The number of nitrogens with zero attached hydrogens (tertiary/aromatic N) is 2. The topological polar surface area (TPSA) is 73.1 Å². The van der Waals surface area contributed by atoms with Crippen molar-refractivity contribution in [3.05, 3.63) is 35.2 Å². The van der Waals surface area contributed by atoms with Gasteiger partial charge in [-0.25, -0.2) is 8.42 Å². The molecule has 90 valence electrons. The van der Waals surface area contributed by atoms with Crippen molar-refractivity contribution in [1.29, 1.82) is 0 Å². The second kappa shape index (κ2) is 4.67. The molecule has 5 nitrogen and oxygen atoms in total. The van der Waals surface area contributed by atoms with E-state index >= 15 is 0 Å². The number of thiol groups is 1. The fourth-order valence-corrected chi connectivity index (χ4v) is 2.63. The van der Waals surface area contributed by atoms with Gasteiger partial charge >= 0.3 is 0 Å². The highest BCUT2D eigenvalue weighted by molar-refractivity contribution is 7.90. The van der Waals surface area contributed by atoms with Gasteiger partial charge in [-0.2, -0.15) is 0 Å². The molecule has 0 radical (unpaired) electrons. The molecule has 0 atom stereocenters. The number of sulfone groups is 1. The molecule has 0 aliphatic rings. The Balaban J connectivity index is 2.28. The molecule has 17 heavy (non-hydrogen) atoms. The maximum atomic E-state index is 11.9. The van der Waals surface area contributed by atoms with Crippen LogP contribution < -0.4 is 0 Å². The van der Waals surface area contributed by atoms with Gasteiger partial charge in [0.2, 0.25) is 5.89 Å². The third kappa shape index (κ3) is 2.99. The van der Waals surface area contributed by atoms with Gasteiger partial charge < -0.3 is 4.42 Å². The van der Waals surface area contributed by atoms with Crippen LogP contribution in [0.3, 0.4) is 0 Å². The molecule has 0 aliphatic carbocycles. The fourth-order valence-electron chi connectivity index (χ4n) is 1.19. The quantitative estimate of drug-likeness (QED) is 0.875. The summed E-state index contributed by atoms with van der Waals surface area (Å²) >= 11 is 9.48. The predicted molar refractivity (Wildman–Crippen MR) is 63.9 cm³/mol. The molecule has 1 aromatic carbocycles. The van der Waals surface area contributed by atoms with Gasteiger partial charge in [0.05, 0.1) is 4.90 Å². The van der Waals surface area contributed by atoms with Crippen LogP contribution in [0.15, 0.2) is 38.8 Å². The Morgan fingerprint density at radius 1 is 1.24 bits per heavy atom. The summed E-state index contributed by atoms with van der Waals surface area (Å²) in [6, 6.07) is 5.86. The van der Waals surface area contributed by atoms with E-state index in [4.69, 9.17) is 16.0 Å². The second-order valence-corrected chi connectivity index (χ2v) is 6.00. The molecule has 2 rings (SSSR count). The van der Waals surface area contributed by atoms with E-state index in [9.17, 15) is 8.42 Å². The van der Waals surface area contributed by atoms with Crippen LogP contribution in [-0.4, -0.2) is 18.6 Å². The van der Waals surface area contributed by atoms with Gasteiger partial charge in [0.1, 0.15) is 5.75 Å². The zero-order chi connectivity index (χ0) is 12.5. The fraction of sp³-hybridized carbons (Fsp3) is 0.111. The first-order valence-electron chi connectivity index (χ1n) is 4.47. The zero-order valence-electron chi connectivity index (χ0n) is 8.37. The molecule has 8 heteroatoms. The Labute approximate surface area is 108 Å². The number of aromatic nitrogens is 2. The van der Waals surface area contributed by atoms with Crippen LogP contribution in [0.25, 0.3) is 0 Å². The van der Waals surface area contributed by atoms with Crippen molar-refractivity contribution in [2.45, 2.75) is 15.9 Å². The van der Waals surface area contributed by atoms with Crippen molar-refractivity contribution >= 4 is 34.1 Å². The summed E-state index contributed by atoms with van der Waals surface area (Å²) < 4.78 is 28.8. The van der Waals surface area contributed by atoms with E-state index in [1.165, 1.54) is 24.3 Å².